The maximum absolute atomic E-state index is 5.12. The first kappa shape index (κ1) is 20.2. The Balaban J connectivity index is 1.59. The normalized spacial score (nSPS) is 14.7. The number of anilines is 2. The van der Waals surface area contributed by atoms with E-state index >= 15 is 0 Å². The molecule has 0 radical (unpaired) electrons. The number of fused-ring (bicyclic) bond motifs is 3. The zero-order valence-electron chi connectivity index (χ0n) is 19.2. The van der Waals surface area contributed by atoms with Crippen LogP contribution in [0.15, 0.2) is 67.3 Å². The van der Waals surface area contributed by atoms with Gasteiger partial charge in [-0.3, -0.25) is 19.1 Å². The third-order valence-corrected chi connectivity index (χ3v) is 6.16. The zero-order valence-corrected chi connectivity index (χ0v) is 19.2. The number of hydrogen-bond acceptors (Lipinski definition) is 7. The molecule has 0 fully saturated rings. The van der Waals surface area contributed by atoms with Crippen LogP contribution in [0.1, 0.15) is 31.0 Å². The Morgan fingerprint density at radius 3 is 2.59 bits per heavy atom. The van der Waals surface area contributed by atoms with E-state index in [4.69, 9.17) is 15.1 Å². The maximum Gasteiger partial charge on any atom is 0.163 e. The molecule has 0 bridgehead atoms. The highest BCUT2D eigenvalue weighted by Gasteiger charge is 2.37. The fraction of sp³-hybridized carbons (Fsp3) is 0.200. The molecular formula is C25H23N9. The van der Waals surface area contributed by atoms with Crippen molar-refractivity contribution < 1.29 is 0 Å². The standard InChI is InChI=1S/C25H23N9/c1-4-20-25-30-29-16(2)33(25)21-15-27-23(28-24(21)34(20)22-11-13-32(3)31-22)18-10-12-26-14-19(18)17-8-6-5-7-9-17/h5-15,20H,4H2,1-3H3. The third-order valence-electron chi connectivity index (χ3n) is 6.16. The Kier molecular flexibility index (Phi) is 4.68. The monoisotopic (exact) mass is 449 g/mol. The molecule has 1 unspecified atom stereocenters. The summed E-state index contributed by atoms with van der Waals surface area (Å²) in [7, 11) is 1.91. The van der Waals surface area contributed by atoms with Crippen molar-refractivity contribution in [1.29, 1.82) is 0 Å². The van der Waals surface area contributed by atoms with Crippen LogP contribution in [0.4, 0.5) is 11.6 Å². The SMILES string of the molecule is CCC1c2nnc(C)n2-c2cnc(-c3ccncc3-c3ccccc3)nc2N1c1ccn(C)n1. The summed E-state index contributed by atoms with van der Waals surface area (Å²) >= 11 is 0. The van der Waals surface area contributed by atoms with Crippen LogP contribution >= 0.6 is 0 Å². The summed E-state index contributed by atoms with van der Waals surface area (Å²) < 4.78 is 3.85. The van der Waals surface area contributed by atoms with Gasteiger partial charge in [0.05, 0.1) is 12.2 Å². The number of rotatable bonds is 4. The van der Waals surface area contributed by atoms with E-state index in [1.165, 1.54) is 0 Å². The molecule has 6 rings (SSSR count). The second kappa shape index (κ2) is 7.87. The summed E-state index contributed by atoms with van der Waals surface area (Å²) in [5, 5.41) is 13.6. The van der Waals surface area contributed by atoms with Crippen LogP contribution in [0.2, 0.25) is 0 Å². The third kappa shape index (κ3) is 3.08. The fourth-order valence-electron chi connectivity index (χ4n) is 4.59. The highest BCUT2D eigenvalue weighted by atomic mass is 15.4. The molecule has 0 saturated heterocycles. The molecule has 1 aliphatic rings. The molecule has 0 spiro atoms. The smallest absolute Gasteiger partial charge is 0.163 e. The minimum absolute atomic E-state index is 0.0580. The van der Waals surface area contributed by atoms with Crippen LogP contribution in [0.25, 0.3) is 28.2 Å². The van der Waals surface area contributed by atoms with E-state index < -0.39 is 0 Å². The van der Waals surface area contributed by atoms with E-state index in [9.17, 15) is 0 Å². The fourth-order valence-corrected chi connectivity index (χ4v) is 4.59. The quantitative estimate of drug-likeness (QED) is 0.401. The number of benzene rings is 1. The number of aryl methyl sites for hydroxylation is 2. The van der Waals surface area contributed by atoms with Crippen molar-refractivity contribution in [3.05, 3.63) is 78.9 Å². The topological polar surface area (TPSA) is 90.4 Å². The molecule has 4 aromatic heterocycles. The van der Waals surface area contributed by atoms with Gasteiger partial charge in [-0.15, -0.1) is 10.2 Å². The average molecular weight is 450 g/mol. The molecule has 1 aliphatic heterocycles. The highest BCUT2D eigenvalue weighted by molar-refractivity contribution is 5.81. The molecule has 9 heteroatoms. The molecule has 0 aliphatic carbocycles. The molecule has 5 heterocycles. The highest BCUT2D eigenvalue weighted by Crippen LogP contribution is 2.43. The van der Waals surface area contributed by atoms with Crippen molar-refractivity contribution in [1.82, 2.24) is 39.5 Å². The summed E-state index contributed by atoms with van der Waals surface area (Å²) in [5.74, 6) is 3.89. The van der Waals surface area contributed by atoms with Crippen LogP contribution in [-0.2, 0) is 7.05 Å². The van der Waals surface area contributed by atoms with Gasteiger partial charge in [0.1, 0.15) is 11.5 Å². The van der Waals surface area contributed by atoms with E-state index in [0.717, 1.165) is 52.1 Å². The maximum atomic E-state index is 5.12. The molecule has 1 aromatic carbocycles. The lowest BCUT2D eigenvalue weighted by atomic mass is 10.0. The number of aromatic nitrogens is 8. The van der Waals surface area contributed by atoms with Gasteiger partial charge in [-0.1, -0.05) is 37.3 Å². The molecule has 1 atom stereocenters. The second-order valence-corrected chi connectivity index (χ2v) is 8.27. The van der Waals surface area contributed by atoms with Gasteiger partial charge < -0.3 is 0 Å². The average Bonchev–Trinajstić information content (AvgIpc) is 3.49. The lowest BCUT2D eigenvalue weighted by molar-refractivity contribution is 0.579. The van der Waals surface area contributed by atoms with Gasteiger partial charge in [0.2, 0.25) is 0 Å². The van der Waals surface area contributed by atoms with E-state index in [-0.39, 0.29) is 6.04 Å². The molecule has 168 valence electrons. The van der Waals surface area contributed by atoms with E-state index in [1.54, 1.807) is 10.9 Å². The molecule has 0 N–H and O–H groups in total. The van der Waals surface area contributed by atoms with Crippen molar-refractivity contribution in [2.45, 2.75) is 26.3 Å². The van der Waals surface area contributed by atoms with Gasteiger partial charge in [0.25, 0.3) is 0 Å². The molecule has 0 amide bonds. The Morgan fingerprint density at radius 1 is 0.971 bits per heavy atom. The predicted molar refractivity (Wildman–Crippen MR) is 129 cm³/mol. The first-order valence-corrected chi connectivity index (χ1v) is 11.2. The van der Waals surface area contributed by atoms with Crippen LogP contribution < -0.4 is 4.90 Å². The minimum Gasteiger partial charge on any atom is -0.297 e. The summed E-state index contributed by atoms with van der Waals surface area (Å²) in [4.78, 5) is 16.4. The largest absolute Gasteiger partial charge is 0.297 e. The molecular weight excluding hydrogens is 426 g/mol. The first-order valence-electron chi connectivity index (χ1n) is 11.2. The summed E-state index contributed by atoms with van der Waals surface area (Å²) in [6.07, 6.45) is 8.25. The van der Waals surface area contributed by atoms with Gasteiger partial charge in [-0.25, -0.2) is 9.97 Å². The van der Waals surface area contributed by atoms with Crippen molar-refractivity contribution >= 4 is 11.6 Å². The summed E-state index contributed by atoms with van der Waals surface area (Å²) in [6, 6.07) is 14.1. The van der Waals surface area contributed by atoms with Crippen LogP contribution in [0.3, 0.4) is 0 Å². The van der Waals surface area contributed by atoms with Crippen molar-refractivity contribution in [3.8, 4) is 28.2 Å². The van der Waals surface area contributed by atoms with Crippen LogP contribution in [0, 0.1) is 6.92 Å². The molecule has 0 saturated carbocycles. The number of hydrogen-bond donors (Lipinski definition) is 0. The Bertz CT molecular complexity index is 1490. The predicted octanol–water partition coefficient (Wildman–Crippen LogP) is 4.43. The Hall–Kier alpha value is -4.40. The lowest BCUT2D eigenvalue weighted by Crippen LogP contribution is -2.33. The molecule has 34 heavy (non-hydrogen) atoms. The van der Waals surface area contributed by atoms with Crippen molar-refractivity contribution in [3.63, 3.8) is 0 Å². The summed E-state index contributed by atoms with van der Waals surface area (Å²) in [6.45, 7) is 4.09. The minimum atomic E-state index is -0.0580. The van der Waals surface area contributed by atoms with Crippen molar-refractivity contribution in [2.24, 2.45) is 7.05 Å². The van der Waals surface area contributed by atoms with Crippen LogP contribution in [-0.4, -0.2) is 39.5 Å². The molecule has 9 nitrogen and oxygen atoms in total. The first-order chi connectivity index (χ1) is 16.7. The van der Waals surface area contributed by atoms with Crippen LogP contribution in [0.5, 0.6) is 0 Å². The van der Waals surface area contributed by atoms with Gasteiger partial charge in [-0.05, 0) is 25.0 Å². The molecule has 5 aromatic rings. The number of nitrogens with zero attached hydrogens (tertiary/aromatic N) is 9. The van der Waals surface area contributed by atoms with Gasteiger partial charge in [0, 0.05) is 42.8 Å². The Labute approximate surface area is 196 Å². The number of pyridine rings is 1. The van der Waals surface area contributed by atoms with Crippen molar-refractivity contribution in [2.75, 3.05) is 4.90 Å². The Morgan fingerprint density at radius 2 is 1.82 bits per heavy atom. The zero-order chi connectivity index (χ0) is 23.2. The van der Waals surface area contributed by atoms with Gasteiger partial charge in [-0.2, -0.15) is 5.10 Å². The van der Waals surface area contributed by atoms with E-state index in [0.29, 0.717) is 5.82 Å². The summed E-state index contributed by atoms with van der Waals surface area (Å²) in [5.41, 5.74) is 3.81. The van der Waals surface area contributed by atoms with Gasteiger partial charge in [0.15, 0.2) is 23.3 Å². The van der Waals surface area contributed by atoms with Gasteiger partial charge >= 0.3 is 0 Å². The van der Waals surface area contributed by atoms with E-state index in [2.05, 4.69) is 43.7 Å². The lowest BCUT2D eigenvalue weighted by Gasteiger charge is -2.35. The second-order valence-electron chi connectivity index (χ2n) is 8.27. The van der Waals surface area contributed by atoms with E-state index in [1.807, 2.05) is 62.9 Å².